The third-order valence-electron chi connectivity index (χ3n) is 4.06. The molecule has 1 N–H and O–H groups in total. The Morgan fingerprint density at radius 3 is 2.46 bits per heavy atom. The molecule has 0 unspecified atom stereocenters. The molecule has 148 valence electrons. The van der Waals surface area contributed by atoms with Gasteiger partial charge < -0.3 is 27.2 Å². The highest BCUT2D eigenvalue weighted by Gasteiger charge is 2.12. The standard InChI is InChI=1S/C21H20Cl2N2O2.ClH/c1-26-20-4-2-3-16(13-25-12-15-7-9-24-10-8-15)21(20)27-14-17-5-6-18(22)11-19(17)23;/h2-11,25H,12-14H2,1H3;1H/p-1. The van der Waals surface area contributed by atoms with Crippen LogP contribution in [0, 0.1) is 0 Å². The van der Waals surface area contributed by atoms with Gasteiger partial charge in [0.1, 0.15) is 6.61 Å². The van der Waals surface area contributed by atoms with Crippen molar-refractivity contribution in [2.24, 2.45) is 0 Å². The monoisotopic (exact) mass is 437 g/mol. The fraction of sp³-hybridized carbons (Fsp3) is 0.190. The molecule has 0 aliphatic rings. The van der Waals surface area contributed by atoms with Gasteiger partial charge in [-0.2, -0.15) is 0 Å². The van der Waals surface area contributed by atoms with E-state index in [2.05, 4.69) is 10.3 Å². The molecule has 0 atom stereocenters. The normalized spacial score (nSPS) is 10.2. The van der Waals surface area contributed by atoms with Gasteiger partial charge in [-0.15, -0.1) is 0 Å². The first-order valence-corrected chi connectivity index (χ1v) is 9.25. The number of pyridine rings is 1. The predicted octanol–water partition coefficient (Wildman–Crippen LogP) is 2.27. The minimum atomic E-state index is 0. The van der Waals surface area contributed by atoms with Crippen molar-refractivity contribution in [2.45, 2.75) is 19.7 Å². The van der Waals surface area contributed by atoms with Gasteiger partial charge in [0.25, 0.3) is 0 Å². The van der Waals surface area contributed by atoms with Crippen molar-refractivity contribution in [1.29, 1.82) is 0 Å². The summed E-state index contributed by atoms with van der Waals surface area (Å²) in [5.74, 6) is 1.39. The lowest BCUT2D eigenvalue weighted by Crippen LogP contribution is -3.00. The first kappa shape index (κ1) is 22.3. The molecule has 4 nitrogen and oxygen atoms in total. The zero-order valence-corrected chi connectivity index (χ0v) is 17.6. The van der Waals surface area contributed by atoms with Crippen LogP contribution in [0.2, 0.25) is 10.0 Å². The molecule has 0 aliphatic carbocycles. The second kappa shape index (κ2) is 11.1. The highest BCUT2D eigenvalue weighted by atomic mass is 35.5. The van der Waals surface area contributed by atoms with Crippen molar-refractivity contribution in [1.82, 2.24) is 10.3 Å². The van der Waals surface area contributed by atoms with Crippen LogP contribution in [0.15, 0.2) is 60.9 Å². The van der Waals surface area contributed by atoms with E-state index in [1.165, 1.54) is 5.56 Å². The second-order valence-electron chi connectivity index (χ2n) is 5.93. The van der Waals surface area contributed by atoms with Gasteiger partial charge in [-0.1, -0.05) is 41.4 Å². The van der Waals surface area contributed by atoms with Gasteiger partial charge in [-0.05, 0) is 35.9 Å². The van der Waals surface area contributed by atoms with E-state index in [4.69, 9.17) is 32.7 Å². The van der Waals surface area contributed by atoms with E-state index in [9.17, 15) is 0 Å². The molecule has 0 amide bonds. The number of aromatic nitrogens is 1. The van der Waals surface area contributed by atoms with Gasteiger partial charge >= 0.3 is 0 Å². The molecule has 7 heteroatoms. The molecule has 0 aliphatic heterocycles. The average Bonchev–Trinajstić information content (AvgIpc) is 2.68. The molecule has 0 radical (unpaired) electrons. The van der Waals surface area contributed by atoms with Crippen LogP contribution in [0.5, 0.6) is 11.5 Å². The zero-order valence-electron chi connectivity index (χ0n) is 15.3. The maximum absolute atomic E-state index is 6.25. The Bertz CT molecular complexity index is 892. The Kier molecular flexibility index (Phi) is 8.87. The quantitative estimate of drug-likeness (QED) is 0.586. The summed E-state index contributed by atoms with van der Waals surface area (Å²) in [6.45, 7) is 1.71. The maximum Gasteiger partial charge on any atom is 0.166 e. The van der Waals surface area contributed by atoms with Crippen LogP contribution in [0.25, 0.3) is 0 Å². The Morgan fingerprint density at radius 1 is 0.964 bits per heavy atom. The molecule has 1 heterocycles. The topological polar surface area (TPSA) is 43.4 Å². The van der Waals surface area contributed by atoms with Crippen molar-refractivity contribution >= 4 is 23.2 Å². The molecular formula is C21H20Cl3N2O2-. The van der Waals surface area contributed by atoms with Crippen LogP contribution >= 0.6 is 23.2 Å². The number of ether oxygens (including phenoxy) is 2. The Balaban J connectivity index is 0.00000280. The summed E-state index contributed by atoms with van der Waals surface area (Å²) in [6, 6.07) is 15.2. The van der Waals surface area contributed by atoms with E-state index >= 15 is 0 Å². The summed E-state index contributed by atoms with van der Waals surface area (Å²) in [4.78, 5) is 4.03. The van der Waals surface area contributed by atoms with E-state index < -0.39 is 0 Å². The Hall–Kier alpha value is -1.98. The Morgan fingerprint density at radius 2 is 1.75 bits per heavy atom. The van der Waals surface area contributed by atoms with Crippen LogP contribution < -0.4 is 27.2 Å². The number of hydrogen-bond donors (Lipinski definition) is 1. The van der Waals surface area contributed by atoms with Crippen molar-refractivity contribution in [3.05, 3.63) is 87.7 Å². The van der Waals surface area contributed by atoms with Gasteiger partial charge in [0, 0.05) is 46.7 Å². The van der Waals surface area contributed by atoms with Crippen LogP contribution in [-0.2, 0) is 19.7 Å². The lowest BCUT2D eigenvalue weighted by atomic mass is 10.1. The summed E-state index contributed by atoms with van der Waals surface area (Å²) in [6.07, 6.45) is 3.57. The first-order valence-electron chi connectivity index (χ1n) is 8.49. The summed E-state index contributed by atoms with van der Waals surface area (Å²) in [5, 5.41) is 4.60. The number of nitrogens with one attached hydrogen (secondary N) is 1. The van der Waals surface area contributed by atoms with Crippen molar-refractivity contribution < 1.29 is 21.9 Å². The average molecular weight is 439 g/mol. The van der Waals surface area contributed by atoms with Crippen LogP contribution in [0.1, 0.15) is 16.7 Å². The number of rotatable bonds is 8. The number of hydrogen-bond acceptors (Lipinski definition) is 4. The smallest absolute Gasteiger partial charge is 0.166 e. The Labute approximate surface area is 181 Å². The number of nitrogens with zero attached hydrogens (tertiary/aromatic N) is 1. The van der Waals surface area contributed by atoms with Gasteiger partial charge in [0.05, 0.1) is 7.11 Å². The van der Waals surface area contributed by atoms with E-state index in [0.717, 1.165) is 17.7 Å². The summed E-state index contributed by atoms with van der Waals surface area (Å²) >= 11 is 12.2. The molecule has 28 heavy (non-hydrogen) atoms. The molecular weight excluding hydrogens is 419 g/mol. The highest BCUT2D eigenvalue weighted by Crippen LogP contribution is 2.32. The van der Waals surface area contributed by atoms with Crippen LogP contribution in [-0.4, -0.2) is 12.1 Å². The summed E-state index contributed by atoms with van der Waals surface area (Å²) in [7, 11) is 1.63. The van der Waals surface area contributed by atoms with Gasteiger partial charge in [0.2, 0.25) is 0 Å². The number of para-hydroxylation sites is 1. The SMILES string of the molecule is COc1cccc(CNCc2ccncc2)c1OCc1ccc(Cl)cc1Cl.[Cl-]. The zero-order chi connectivity index (χ0) is 19.1. The minimum Gasteiger partial charge on any atom is -1.00 e. The summed E-state index contributed by atoms with van der Waals surface area (Å²) in [5.41, 5.74) is 3.04. The highest BCUT2D eigenvalue weighted by molar-refractivity contribution is 6.35. The molecule has 1 aromatic heterocycles. The number of halogens is 3. The fourth-order valence-electron chi connectivity index (χ4n) is 2.66. The van der Waals surface area contributed by atoms with Crippen molar-refractivity contribution in [2.75, 3.05) is 7.11 Å². The second-order valence-corrected chi connectivity index (χ2v) is 6.78. The molecule has 0 spiro atoms. The van der Waals surface area contributed by atoms with Crippen molar-refractivity contribution in [3.8, 4) is 11.5 Å². The lowest BCUT2D eigenvalue weighted by molar-refractivity contribution is -0.00000588. The maximum atomic E-state index is 6.25. The molecule has 2 aromatic carbocycles. The third-order valence-corrected chi connectivity index (χ3v) is 4.65. The van der Waals surface area contributed by atoms with E-state index in [-0.39, 0.29) is 12.4 Å². The van der Waals surface area contributed by atoms with Crippen molar-refractivity contribution in [3.63, 3.8) is 0 Å². The first-order chi connectivity index (χ1) is 13.2. The minimum absolute atomic E-state index is 0. The molecule has 0 fully saturated rings. The number of methoxy groups -OCH3 is 1. The van der Waals surface area contributed by atoms with Gasteiger partial charge in [-0.25, -0.2) is 0 Å². The van der Waals surface area contributed by atoms with Gasteiger partial charge in [-0.3, -0.25) is 4.98 Å². The lowest BCUT2D eigenvalue weighted by Gasteiger charge is -2.16. The fourth-order valence-corrected chi connectivity index (χ4v) is 3.12. The van der Waals surface area contributed by atoms with Crippen LogP contribution in [0.4, 0.5) is 0 Å². The molecule has 0 bridgehead atoms. The van der Waals surface area contributed by atoms with E-state index in [0.29, 0.717) is 34.7 Å². The third kappa shape index (κ3) is 6.01. The van der Waals surface area contributed by atoms with Gasteiger partial charge in [0.15, 0.2) is 11.5 Å². The number of benzene rings is 2. The largest absolute Gasteiger partial charge is 1.00 e. The molecule has 3 aromatic rings. The predicted molar refractivity (Wildman–Crippen MR) is 109 cm³/mol. The molecule has 0 saturated heterocycles. The summed E-state index contributed by atoms with van der Waals surface area (Å²) < 4.78 is 11.5. The van der Waals surface area contributed by atoms with E-state index in [1.807, 2.05) is 36.4 Å². The molecule has 3 rings (SSSR count). The van der Waals surface area contributed by atoms with E-state index in [1.54, 1.807) is 31.6 Å². The molecule has 0 saturated carbocycles. The van der Waals surface area contributed by atoms with Crippen LogP contribution in [0.3, 0.4) is 0 Å².